The van der Waals surface area contributed by atoms with Gasteiger partial charge in [-0.05, 0) is 6.42 Å². The molecule has 68 valence electrons. The SMILES string of the molecule is [N-]=[NH+]CC(=O)CCC(N)C(=O)O. The average Bonchev–Trinajstić information content (AvgIpc) is 2.00. The van der Waals surface area contributed by atoms with Gasteiger partial charge in [-0.1, -0.05) is 0 Å². The summed E-state index contributed by atoms with van der Waals surface area (Å²) >= 11 is 0. The van der Waals surface area contributed by atoms with Crippen molar-refractivity contribution in [2.24, 2.45) is 5.73 Å². The fourth-order valence-corrected chi connectivity index (χ4v) is 0.617. The number of carbonyl (C=O) groups is 2. The summed E-state index contributed by atoms with van der Waals surface area (Å²) in [6, 6.07) is -1.01. The summed E-state index contributed by atoms with van der Waals surface area (Å²) in [6.45, 7) is -0.174. The first-order valence-electron chi connectivity index (χ1n) is 3.45. The zero-order valence-corrected chi connectivity index (χ0v) is 6.49. The molecule has 0 aromatic heterocycles. The van der Waals surface area contributed by atoms with Crippen LogP contribution in [0.2, 0.25) is 0 Å². The molecule has 0 fully saturated rings. The molecule has 4 N–H and O–H groups in total. The van der Waals surface area contributed by atoms with Crippen LogP contribution in [0.3, 0.4) is 0 Å². The number of nitrogens with one attached hydrogen (secondary N) is 1. The van der Waals surface area contributed by atoms with Crippen molar-refractivity contribution < 1.29 is 19.8 Å². The maximum atomic E-state index is 10.7. The third-order valence-electron chi connectivity index (χ3n) is 1.33. The fourth-order valence-electron chi connectivity index (χ4n) is 0.617. The van der Waals surface area contributed by atoms with Gasteiger partial charge >= 0.3 is 5.97 Å². The van der Waals surface area contributed by atoms with E-state index in [4.69, 9.17) is 16.4 Å². The van der Waals surface area contributed by atoms with E-state index >= 15 is 0 Å². The van der Waals surface area contributed by atoms with Gasteiger partial charge in [-0.25, -0.2) is 0 Å². The Morgan fingerprint density at radius 2 is 2.17 bits per heavy atom. The summed E-state index contributed by atoms with van der Waals surface area (Å²) in [5.41, 5.74) is 13.2. The number of rotatable bonds is 6. The summed E-state index contributed by atoms with van der Waals surface area (Å²) in [6.07, 6.45) is 0.150. The molecule has 0 aliphatic rings. The van der Waals surface area contributed by atoms with Gasteiger partial charge in [0.05, 0.1) is 0 Å². The Bertz CT molecular complexity index is 192. The molecule has 6 heteroatoms. The van der Waals surface area contributed by atoms with Crippen molar-refractivity contribution in [1.82, 2.24) is 0 Å². The Labute approximate surface area is 69.3 Å². The van der Waals surface area contributed by atoms with Gasteiger partial charge in [0.15, 0.2) is 12.3 Å². The molecule has 0 aliphatic carbocycles. The predicted molar refractivity (Wildman–Crippen MR) is 39.0 cm³/mol. The van der Waals surface area contributed by atoms with Crippen molar-refractivity contribution in [3.8, 4) is 0 Å². The lowest BCUT2D eigenvalue weighted by atomic mass is 10.1. The van der Waals surface area contributed by atoms with Crippen LogP contribution in [0.15, 0.2) is 0 Å². The Morgan fingerprint density at radius 3 is 2.58 bits per heavy atom. The van der Waals surface area contributed by atoms with Gasteiger partial charge in [-0.2, -0.15) is 0 Å². The topological polar surface area (TPSA) is 117 Å². The Balaban J connectivity index is 3.60. The second kappa shape index (κ2) is 5.36. The zero-order valence-electron chi connectivity index (χ0n) is 6.49. The first kappa shape index (κ1) is 10.7. The summed E-state index contributed by atoms with van der Waals surface area (Å²) in [5, 5.41) is 10.0. The summed E-state index contributed by atoms with van der Waals surface area (Å²) in [4.78, 5) is 20.9. The van der Waals surface area contributed by atoms with Gasteiger partial charge in [-0.3, -0.25) is 9.59 Å². The second-order valence-electron chi connectivity index (χ2n) is 2.36. The highest BCUT2D eigenvalue weighted by Crippen LogP contribution is 1.94. The molecule has 0 spiro atoms. The highest BCUT2D eigenvalue weighted by Gasteiger charge is 2.13. The maximum Gasteiger partial charge on any atom is 0.320 e. The van der Waals surface area contributed by atoms with Crippen molar-refractivity contribution in [1.29, 1.82) is 0 Å². The number of hydrogen-bond donors (Lipinski definition) is 3. The Kier molecular flexibility index (Phi) is 4.78. The highest BCUT2D eigenvalue weighted by molar-refractivity contribution is 5.80. The van der Waals surface area contributed by atoms with E-state index in [1.165, 1.54) is 0 Å². The van der Waals surface area contributed by atoms with Gasteiger partial charge in [-0.15, -0.1) is 0 Å². The largest absolute Gasteiger partial charge is 0.508 e. The number of nitrogens with zero attached hydrogens (tertiary/aromatic N) is 1. The van der Waals surface area contributed by atoms with Crippen LogP contribution in [-0.2, 0) is 9.59 Å². The van der Waals surface area contributed by atoms with E-state index in [-0.39, 0.29) is 25.2 Å². The van der Waals surface area contributed by atoms with E-state index in [1.54, 1.807) is 5.11 Å². The molecular weight excluding hydrogens is 162 g/mol. The molecule has 0 radical (unpaired) electrons. The Hall–Kier alpha value is -1.30. The minimum atomic E-state index is -1.13. The van der Waals surface area contributed by atoms with E-state index in [1.807, 2.05) is 0 Å². The lowest BCUT2D eigenvalue weighted by molar-refractivity contribution is -0.467. The number of carboxylic acids is 1. The molecule has 1 atom stereocenters. The molecule has 0 aliphatic heterocycles. The Morgan fingerprint density at radius 1 is 1.58 bits per heavy atom. The number of carboxylic acid groups (broad SMARTS) is 1. The molecule has 0 amide bonds. The summed E-state index contributed by atoms with van der Waals surface area (Å²) in [7, 11) is 0. The molecular formula is C6H11N3O3. The van der Waals surface area contributed by atoms with E-state index < -0.39 is 12.0 Å². The molecule has 12 heavy (non-hydrogen) atoms. The first-order valence-corrected chi connectivity index (χ1v) is 3.45. The van der Waals surface area contributed by atoms with Crippen LogP contribution in [-0.4, -0.2) is 29.4 Å². The van der Waals surface area contributed by atoms with Gasteiger partial charge in [0, 0.05) is 6.42 Å². The summed E-state index contributed by atoms with van der Waals surface area (Å²) in [5.74, 6) is -1.39. The number of ketones is 1. The number of carbonyl (C=O) groups excluding carboxylic acids is 1. The predicted octanol–water partition coefficient (Wildman–Crippen LogP) is -2.15. The molecule has 6 nitrogen and oxygen atoms in total. The molecule has 1 unspecified atom stereocenters. The molecule has 0 bridgehead atoms. The van der Waals surface area contributed by atoms with E-state index in [2.05, 4.69) is 0 Å². The van der Waals surface area contributed by atoms with Crippen molar-refractivity contribution in [2.45, 2.75) is 18.9 Å². The zero-order chi connectivity index (χ0) is 9.56. The van der Waals surface area contributed by atoms with E-state index in [9.17, 15) is 9.59 Å². The van der Waals surface area contributed by atoms with Gasteiger partial charge in [0.2, 0.25) is 0 Å². The molecule has 0 heterocycles. The quantitative estimate of drug-likeness (QED) is 0.397. The van der Waals surface area contributed by atoms with Crippen LogP contribution in [0, 0.1) is 0 Å². The van der Waals surface area contributed by atoms with Crippen LogP contribution in [0.1, 0.15) is 12.8 Å². The number of hydrogen-bond acceptors (Lipinski definition) is 3. The third-order valence-corrected chi connectivity index (χ3v) is 1.33. The number of nitrogens with two attached hydrogens (primary N) is 1. The van der Waals surface area contributed by atoms with Crippen molar-refractivity contribution >= 4 is 11.8 Å². The van der Waals surface area contributed by atoms with E-state index in [0.717, 1.165) is 0 Å². The number of Topliss-reactive ketones (excluding diaryl/α,β-unsaturated/α-hetero) is 1. The highest BCUT2D eigenvalue weighted by atomic mass is 16.4. The van der Waals surface area contributed by atoms with Crippen LogP contribution < -0.4 is 10.8 Å². The lowest BCUT2D eigenvalue weighted by Gasteiger charge is -2.02. The molecule has 0 saturated heterocycles. The smallest absolute Gasteiger partial charge is 0.320 e. The maximum absolute atomic E-state index is 10.7. The van der Waals surface area contributed by atoms with Crippen LogP contribution in [0.5, 0.6) is 0 Å². The van der Waals surface area contributed by atoms with Crippen LogP contribution in [0.25, 0.3) is 5.53 Å². The molecule has 0 aromatic rings. The standard InChI is InChI=1S/C6H11N3O3/c7-5(6(11)12)2-1-4(10)3-9-8/h5,9H,1-3,7H2,(H,11,12). The van der Waals surface area contributed by atoms with Crippen molar-refractivity contribution in [3.63, 3.8) is 0 Å². The lowest BCUT2D eigenvalue weighted by Crippen LogP contribution is -2.65. The van der Waals surface area contributed by atoms with Crippen molar-refractivity contribution in [3.05, 3.63) is 5.53 Å². The fraction of sp³-hybridized carbons (Fsp3) is 0.667. The van der Waals surface area contributed by atoms with Crippen LogP contribution >= 0.6 is 0 Å². The van der Waals surface area contributed by atoms with Gasteiger partial charge < -0.3 is 21.5 Å². The first-order chi connectivity index (χ1) is 5.57. The van der Waals surface area contributed by atoms with E-state index in [0.29, 0.717) is 0 Å². The molecule has 0 aromatic carbocycles. The second-order valence-corrected chi connectivity index (χ2v) is 2.36. The minimum absolute atomic E-state index is 0.0566. The minimum Gasteiger partial charge on any atom is -0.508 e. The normalized spacial score (nSPS) is 12.1. The molecule has 0 rings (SSSR count). The van der Waals surface area contributed by atoms with Gasteiger partial charge in [0.1, 0.15) is 6.04 Å². The number of aliphatic carboxylic acids is 1. The average molecular weight is 173 g/mol. The van der Waals surface area contributed by atoms with Crippen molar-refractivity contribution in [2.75, 3.05) is 6.54 Å². The third kappa shape index (κ3) is 4.51. The monoisotopic (exact) mass is 173 g/mol. The summed E-state index contributed by atoms with van der Waals surface area (Å²) < 4.78 is 0. The van der Waals surface area contributed by atoms with Crippen LogP contribution in [0.4, 0.5) is 0 Å². The van der Waals surface area contributed by atoms with Gasteiger partial charge in [0.25, 0.3) is 0 Å². The molecule has 0 saturated carbocycles.